The van der Waals surface area contributed by atoms with Gasteiger partial charge < -0.3 is 20.3 Å². The van der Waals surface area contributed by atoms with Crippen molar-refractivity contribution in [3.8, 4) is 0 Å². The fraction of sp³-hybridized carbons (Fsp3) is 0.682. The Morgan fingerprint density at radius 3 is 2.40 bits per heavy atom. The summed E-state index contributed by atoms with van der Waals surface area (Å²) in [4.78, 5) is 9.20. The van der Waals surface area contributed by atoms with Crippen LogP contribution in [0.4, 0.5) is 4.39 Å². The summed E-state index contributed by atoms with van der Waals surface area (Å²) in [7, 11) is 1.80. The maximum atomic E-state index is 13.4. The molecule has 2 rings (SSSR count). The third-order valence-electron chi connectivity index (χ3n) is 5.52. The largest absolute Gasteiger partial charge is 0.379 e. The van der Waals surface area contributed by atoms with E-state index in [0.29, 0.717) is 6.54 Å². The van der Waals surface area contributed by atoms with Gasteiger partial charge in [0.05, 0.1) is 19.3 Å². The molecule has 172 valence electrons. The Morgan fingerprint density at radius 1 is 1.13 bits per heavy atom. The average Bonchev–Trinajstić information content (AvgIpc) is 2.76. The molecule has 0 aromatic heterocycles. The third kappa shape index (κ3) is 9.45. The molecular formula is C22H39FIN5O. The number of unbranched alkanes of at least 4 members (excludes halogenated alkanes) is 1. The van der Waals surface area contributed by atoms with Crippen LogP contribution in [0.25, 0.3) is 0 Å². The normalized spacial score (nSPS) is 16.2. The number of hydrogen-bond donors (Lipinski definition) is 2. The first-order valence-corrected chi connectivity index (χ1v) is 10.9. The molecule has 30 heavy (non-hydrogen) atoms. The number of nitrogens with one attached hydrogen (secondary N) is 2. The second-order valence-electron chi connectivity index (χ2n) is 7.33. The molecule has 0 amide bonds. The van der Waals surface area contributed by atoms with Crippen LogP contribution in [-0.2, 0) is 4.74 Å². The van der Waals surface area contributed by atoms with Crippen LogP contribution in [0.1, 0.15) is 38.3 Å². The van der Waals surface area contributed by atoms with E-state index in [9.17, 15) is 4.39 Å². The minimum atomic E-state index is -0.204. The SMILES string of the molecule is CCN(CC)CCCCNC(=NC)NCC(c1ccc(F)cc1)N1CCOCC1.I. The van der Waals surface area contributed by atoms with E-state index in [1.807, 2.05) is 12.1 Å². The lowest BCUT2D eigenvalue weighted by Gasteiger charge is -2.35. The molecular weight excluding hydrogens is 496 g/mol. The number of ether oxygens (including phenoxy) is 1. The van der Waals surface area contributed by atoms with Crippen molar-refractivity contribution in [1.82, 2.24) is 20.4 Å². The minimum absolute atomic E-state index is 0. The molecule has 6 nitrogen and oxygen atoms in total. The van der Waals surface area contributed by atoms with Gasteiger partial charge in [-0.3, -0.25) is 9.89 Å². The maximum Gasteiger partial charge on any atom is 0.191 e. The molecule has 1 aliphatic heterocycles. The molecule has 0 spiro atoms. The van der Waals surface area contributed by atoms with Crippen molar-refractivity contribution in [3.63, 3.8) is 0 Å². The van der Waals surface area contributed by atoms with Crippen LogP contribution >= 0.6 is 24.0 Å². The van der Waals surface area contributed by atoms with Crippen molar-refractivity contribution in [2.45, 2.75) is 32.7 Å². The van der Waals surface area contributed by atoms with Gasteiger partial charge in [0.2, 0.25) is 0 Å². The predicted octanol–water partition coefficient (Wildman–Crippen LogP) is 3.10. The Morgan fingerprint density at radius 2 is 1.80 bits per heavy atom. The van der Waals surface area contributed by atoms with Gasteiger partial charge in [-0.1, -0.05) is 26.0 Å². The molecule has 2 N–H and O–H groups in total. The van der Waals surface area contributed by atoms with Gasteiger partial charge >= 0.3 is 0 Å². The molecule has 0 radical (unpaired) electrons. The first-order valence-electron chi connectivity index (χ1n) is 10.9. The fourth-order valence-corrected chi connectivity index (χ4v) is 3.65. The zero-order chi connectivity index (χ0) is 20.9. The monoisotopic (exact) mass is 535 g/mol. The van der Waals surface area contributed by atoms with Crippen molar-refractivity contribution >= 4 is 29.9 Å². The van der Waals surface area contributed by atoms with Crippen LogP contribution < -0.4 is 10.6 Å². The molecule has 1 aliphatic rings. The highest BCUT2D eigenvalue weighted by Crippen LogP contribution is 2.21. The predicted molar refractivity (Wildman–Crippen MR) is 133 cm³/mol. The molecule has 0 bridgehead atoms. The van der Waals surface area contributed by atoms with Crippen molar-refractivity contribution in [2.75, 3.05) is 66.1 Å². The third-order valence-corrected chi connectivity index (χ3v) is 5.52. The van der Waals surface area contributed by atoms with E-state index in [-0.39, 0.29) is 35.8 Å². The van der Waals surface area contributed by atoms with Crippen LogP contribution in [0.3, 0.4) is 0 Å². The van der Waals surface area contributed by atoms with Gasteiger partial charge in [0.25, 0.3) is 0 Å². The molecule has 1 heterocycles. The molecule has 0 saturated carbocycles. The van der Waals surface area contributed by atoms with E-state index in [0.717, 1.165) is 70.4 Å². The highest BCUT2D eigenvalue weighted by atomic mass is 127. The van der Waals surface area contributed by atoms with Crippen LogP contribution in [0, 0.1) is 5.82 Å². The molecule has 1 aromatic carbocycles. The Labute approximate surface area is 198 Å². The lowest BCUT2D eigenvalue weighted by atomic mass is 10.0. The first kappa shape index (κ1) is 27.1. The molecule has 1 unspecified atom stereocenters. The fourth-order valence-electron chi connectivity index (χ4n) is 3.65. The highest BCUT2D eigenvalue weighted by Gasteiger charge is 2.23. The minimum Gasteiger partial charge on any atom is -0.379 e. The van der Waals surface area contributed by atoms with Crippen molar-refractivity contribution in [3.05, 3.63) is 35.6 Å². The zero-order valence-electron chi connectivity index (χ0n) is 18.7. The van der Waals surface area contributed by atoms with Gasteiger partial charge in [0.15, 0.2) is 5.96 Å². The summed E-state index contributed by atoms with van der Waals surface area (Å²) < 4.78 is 18.9. The lowest BCUT2D eigenvalue weighted by Crippen LogP contribution is -2.46. The Hall–Kier alpha value is -0.970. The summed E-state index contributed by atoms with van der Waals surface area (Å²) >= 11 is 0. The molecule has 1 saturated heterocycles. The van der Waals surface area contributed by atoms with Crippen LogP contribution in [0.15, 0.2) is 29.3 Å². The van der Waals surface area contributed by atoms with Gasteiger partial charge in [-0.25, -0.2) is 4.39 Å². The van der Waals surface area contributed by atoms with E-state index in [4.69, 9.17) is 4.74 Å². The number of nitrogens with zero attached hydrogens (tertiary/aromatic N) is 3. The second-order valence-corrected chi connectivity index (χ2v) is 7.33. The first-order chi connectivity index (χ1) is 14.2. The molecule has 1 atom stereocenters. The van der Waals surface area contributed by atoms with Crippen molar-refractivity contribution < 1.29 is 9.13 Å². The molecule has 1 fully saturated rings. The Kier molecular flexibility index (Phi) is 14.2. The number of hydrogen-bond acceptors (Lipinski definition) is 4. The Bertz CT molecular complexity index is 592. The number of rotatable bonds is 11. The molecule has 1 aromatic rings. The second kappa shape index (κ2) is 15.8. The summed E-state index contributed by atoms with van der Waals surface area (Å²) in [6.45, 7) is 12.6. The van der Waals surface area contributed by atoms with E-state index in [1.165, 1.54) is 18.6 Å². The van der Waals surface area contributed by atoms with E-state index in [2.05, 4.69) is 39.3 Å². The van der Waals surface area contributed by atoms with Gasteiger partial charge in [0.1, 0.15) is 5.82 Å². The van der Waals surface area contributed by atoms with E-state index < -0.39 is 0 Å². The summed E-state index contributed by atoms with van der Waals surface area (Å²) in [5, 5.41) is 6.87. The summed E-state index contributed by atoms with van der Waals surface area (Å²) in [5.41, 5.74) is 1.11. The number of halogens is 2. The van der Waals surface area contributed by atoms with Gasteiger partial charge in [0, 0.05) is 33.2 Å². The maximum absolute atomic E-state index is 13.4. The lowest BCUT2D eigenvalue weighted by molar-refractivity contribution is 0.0170. The van der Waals surface area contributed by atoms with Gasteiger partial charge in [-0.2, -0.15) is 0 Å². The zero-order valence-corrected chi connectivity index (χ0v) is 21.0. The smallest absolute Gasteiger partial charge is 0.191 e. The van der Waals surface area contributed by atoms with E-state index in [1.54, 1.807) is 7.05 Å². The summed E-state index contributed by atoms with van der Waals surface area (Å²) in [6, 6.07) is 6.97. The van der Waals surface area contributed by atoms with Crippen LogP contribution in [0.2, 0.25) is 0 Å². The number of morpholine rings is 1. The van der Waals surface area contributed by atoms with Gasteiger partial charge in [-0.05, 0) is 50.2 Å². The summed E-state index contributed by atoms with van der Waals surface area (Å²) in [6.07, 6.45) is 2.29. The standard InChI is InChI=1S/C22H38FN5O.HI/c1-4-27(5-2)13-7-6-12-25-22(24-3)26-18-21(28-14-16-29-17-15-28)19-8-10-20(23)11-9-19;/h8-11,21H,4-7,12-18H2,1-3H3,(H2,24,25,26);1H. The highest BCUT2D eigenvalue weighted by molar-refractivity contribution is 14.0. The number of guanidine groups is 1. The van der Waals surface area contributed by atoms with Crippen LogP contribution in [0.5, 0.6) is 0 Å². The Balaban J connectivity index is 0.00000450. The summed E-state index contributed by atoms with van der Waals surface area (Å²) in [5.74, 6) is 0.609. The van der Waals surface area contributed by atoms with Crippen molar-refractivity contribution in [2.24, 2.45) is 4.99 Å². The molecule has 0 aliphatic carbocycles. The number of aliphatic imine (C=N–C) groups is 1. The number of benzene rings is 1. The molecule has 8 heteroatoms. The van der Waals surface area contributed by atoms with E-state index >= 15 is 0 Å². The van der Waals surface area contributed by atoms with Gasteiger partial charge in [-0.15, -0.1) is 24.0 Å². The topological polar surface area (TPSA) is 52.1 Å². The van der Waals surface area contributed by atoms with Crippen molar-refractivity contribution in [1.29, 1.82) is 0 Å². The van der Waals surface area contributed by atoms with Crippen LogP contribution in [-0.4, -0.2) is 81.8 Å². The average molecular weight is 535 g/mol. The quantitative estimate of drug-likeness (QED) is 0.198.